The van der Waals surface area contributed by atoms with Crippen LogP contribution < -0.4 is 24.3 Å². The SMILES string of the molecule is COc1ccc(CC(=O)NC(C)(C)c2ccc3c(c2)OCCO3)cc1OC. The van der Waals surface area contributed by atoms with Crippen molar-refractivity contribution in [3.8, 4) is 23.0 Å². The summed E-state index contributed by atoms with van der Waals surface area (Å²) in [7, 11) is 3.16. The molecule has 6 heteroatoms. The first-order chi connectivity index (χ1) is 12.9. The van der Waals surface area contributed by atoms with Gasteiger partial charge in [0.2, 0.25) is 5.91 Å². The summed E-state index contributed by atoms with van der Waals surface area (Å²) < 4.78 is 21.7. The van der Waals surface area contributed by atoms with Crippen molar-refractivity contribution in [1.82, 2.24) is 5.32 Å². The van der Waals surface area contributed by atoms with E-state index < -0.39 is 5.54 Å². The smallest absolute Gasteiger partial charge is 0.225 e. The van der Waals surface area contributed by atoms with E-state index in [0.717, 1.165) is 16.9 Å². The first-order valence-electron chi connectivity index (χ1n) is 8.85. The average Bonchev–Trinajstić information content (AvgIpc) is 2.67. The standard InChI is InChI=1S/C21H25NO5/c1-21(2,15-6-8-17-19(13-15)27-10-9-26-17)22-20(23)12-14-5-7-16(24-3)18(11-14)25-4/h5-8,11,13H,9-10,12H2,1-4H3,(H,22,23). The minimum atomic E-state index is -0.552. The van der Waals surface area contributed by atoms with Gasteiger partial charge in [-0.25, -0.2) is 0 Å². The summed E-state index contributed by atoms with van der Waals surface area (Å²) >= 11 is 0. The Labute approximate surface area is 159 Å². The van der Waals surface area contributed by atoms with Crippen molar-refractivity contribution in [1.29, 1.82) is 0 Å². The van der Waals surface area contributed by atoms with Crippen LogP contribution in [0.15, 0.2) is 36.4 Å². The Morgan fingerprint density at radius 1 is 1.00 bits per heavy atom. The molecule has 27 heavy (non-hydrogen) atoms. The van der Waals surface area contributed by atoms with Gasteiger partial charge in [-0.1, -0.05) is 12.1 Å². The number of carbonyl (C=O) groups is 1. The minimum absolute atomic E-state index is 0.0814. The van der Waals surface area contributed by atoms with Gasteiger partial charge >= 0.3 is 0 Å². The zero-order valence-electron chi connectivity index (χ0n) is 16.1. The lowest BCUT2D eigenvalue weighted by Crippen LogP contribution is -2.41. The van der Waals surface area contributed by atoms with Crippen molar-refractivity contribution in [2.24, 2.45) is 0 Å². The Kier molecular flexibility index (Phi) is 5.44. The van der Waals surface area contributed by atoms with Crippen molar-refractivity contribution < 1.29 is 23.7 Å². The van der Waals surface area contributed by atoms with Gasteiger partial charge < -0.3 is 24.3 Å². The fraction of sp³-hybridized carbons (Fsp3) is 0.381. The molecule has 0 saturated heterocycles. The molecular formula is C21H25NO5. The van der Waals surface area contributed by atoms with Crippen LogP contribution in [0, 0.1) is 0 Å². The molecule has 0 radical (unpaired) electrons. The Hall–Kier alpha value is -2.89. The summed E-state index contributed by atoms with van der Waals surface area (Å²) in [4.78, 5) is 12.6. The summed E-state index contributed by atoms with van der Waals surface area (Å²) in [5.74, 6) is 2.60. The summed E-state index contributed by atoms with van der Waals surface area (Å²) in [5, 5.41) is 3.09. The van der Waals surface area contributed by atoms with Crippen molar-refractivity contribution in [2.75, 3.05) is 27.4 Å². The van der Waals surface area contributed by atoms with Crippen LogP contribution in [-0.2, 0) is 16.8 Å². The number of hydrogen-bond donors (Lipinski definition) is 1. The monoisotopic (exact) mass is 371 g/mol. The normalized spacial score (nSPS) is 13.0. The Morgan fingerprint density at radius 3 is 2.41 bits per heavy atom. The third kappa shape index (κ3) is 4.27. The summed E-state index contributed by atoms with van der Waals surface area (Å²) in [6.45, 7) is 5.01. The summed E-state index contributed by atoms with van der Waals surface area (Å²) in [5.41, 5.74) is 1.25. The van der Waals surface area contributed by atoms with Crippen LogP contribution in [-0.4, -0.2) is 33.3 Å². The van der Waals surface area contributed by atoms with Crippen molar-refractivity contribution in [3.05, 3.63) is 47.5 Å². The quantitative estimate of drug-likeness (QED) is 0.845. The second-order valence-corrected chi connectivity index (χ2v) is 6.90. The maximum absolute atomic E-state index is 12.6. The zero-order valence-corrected chi connectivity index (χ0v) is 16.1. The Bertz CT molecular complexity index is 831. The Morgan fingerprint density at radius 2 is 1.70 bits per heavy atom. The number of amides is 1. The van der Waals surface area contributed by atoms with Crippen LogP contribution in [0.3, 0.4) is 0 Å². The van der Waals surface area contributed by atoms with Crippen molar-refractivity contribution in [3.63, 3.8) is 0 Å². The van der Waals surface area contributed by atoms with E-state index in [-0.39, 0.29) is 12.3 Å². The topological polar surface area (TPSA) is 66.0 Å². The van der Waals surface area contributed by atoms with Crippen LogP contribution in [0.2, 0.25) is 0 Å². The molecule has 6 nitrogen and oxygen atoms in total. The lowest BCUT2D eigenvalue weighted by molar-refractivity contribution is -0.122. The molecule has 1 aliphatic heterocycles. The molecule has 0 fully saturated rings. The molecule has 0 unspecified atom stereocenters. The molecule has 2 aromatic rings. The van der Waals surface area contributed by atoms with Gasteiger partial charge in [-0.3, -0.25) is 4.79 Å². The number of hydrogen-bond acceptors (Lipinski definition) is 5. The predicted octanol–water partition coefficient (Wildman–Crippen LogP) is 3.07. The van der Waals surface area contributed by atoms with E-state index in [9.17, 15) is 4.79 Å². The maximum Gasteiger partial charge on any atom is 0.225 e. The van der Waals surface area contributed by atoms with Gasteiger partial charge in [-0.2, -0.15) is 0 Å². The second-order valence-electron chi connectivity index (χ2n) is 6.90. The number of ether oxygens (including phenoxy) is 4. The summed E-state index contributed by atoms with van der Waals surface area (Å²) in [6, 6.07) is 11.2. The van der Waals surface area contributed by atoms with Gasteiger partial charge in [0.1, 0.15) is 13.2 Å². The minimum Gasteiger partial charge on any atom is -0.493 e. The van der Waals surface area contributed by atoms with Crippen LogP contribution in [0.4, 0.5) is 0 Å². The van der Waals surface area contributed by atoms with Crippen molar-refractivity contribution >= 4 is 5.91 Å². The molecule has 0 saturated carbocycles. The zero-order chi connectivity index (χ0) is 19.4. The molecule has 0 aromatic heterocycles. The molecule has 1 aliphatic rings. The molecule has 0 bridgehead atoms. The third-order valence-electron chi connectivity index (χ3n) is 4.53. The molecule has 144 valence electrons. The lowest BCUT2D eigenvalue weighted by Gasteiger charge is -2.29. The van der Waals surface area contributed by atoms with Gasteiger partial charge in [-0.05, 0) is 49.2 Å². The number of rotatable bonds is 6. The van der Waals surface area contributed by atoms with Gasteiger partial charge in [0.15, 0.2) is 23.0 Å². The molecule has 1 heterocycles. The fourth-order valence-corrected chi connectivity index (χ4v) is 3.07. The van der Waals surface area contributed by atoms with Crippen LogP contribution in [0.1, 0.15) is 25.0 Å². The van der Waals surface area contributed by atoms with Crippen LogP contribution in [0.25, 0.3) is 0 Å². The number of fused-ring (bicyclic) bond motifs is 1. The van der Waals surface area contributed by atoms with Gasteiger partial charge in [0.25, 0.3) is 0 Å². The van der Waals surface area contributed by atoms with Gasteiger partial charge in [0.05, 0.1) is 26.2 Å². The molecule has 2 aromatic carbocycles. The first kappa shape index (κ1) is 18.9. The average molecular weight is 371 g/mol. The van der Waals surface area contributed by atoms with Crippen LogP contribution in [0.5, 0.6) is 23.0 Å². The predicted molar refractivity (Wildman–Crippen MR) is 102 cm³/mol. The number of methoxy groups -OCH3 is 2. The Balaban J connectivity index is 1.71. The highest BCUT2D eigenvalue weighted by Gasteiger charge is 2.25. The maximum atomic E-state index is 12.6. The highest BCUT2D eigenvalue weighted by Crippen LogP contribution is 2.34. The molecular weight excluding hydrogens is 346 g/mol. The second kappa shape index (κ2) is 7.78. The highest BCUT2D eigenvalue weighted by molar-refractivity contribution is 5.79. The van der Waals surface area contributed by atoms with E-state index in [1.165, 1.54) is 0 Å². The lowest BCUT2D eigenvalue weighted by atomic mass is 9.93. The van der Waals surface area contributed by atoms with E-state index in [4.69, 9.17) is 18.9 Å². The summed E-state index contributed by atoms with van der Waals surface area (Å²) in [6.07, 6.45) is 0.244. The van der Waals surface area contributed by atoms with E-state index >= 15 is 0 Å². The molecule has 0 spiro atoms. The van der Waals surface area contributed by atoms with E-state index in [1.807, 2.05) is 44.2 Å². The molecule has 0 atom stereocenters. The van der Waals surface area contributed by atoms with E-state index in [0.29, 0.717) is 30.5 Å². The number of nitrogens with one attached hydrogen (secondary N) is 1. The largest absolute Gasteiger partial charge is 0.493 e. The van der Waals surface area contributed by atoms with Crippen LogP contribution >= 0.6 is 0 Å². The first-order valence-corrected chi connectivity index (χ1v) is 8.85. The fourth-order valence-electron chi connectivity index (χ4n) is 3.07. The van der Waals surface area contributed by atoms with E-state index in [2.05, 4.69) is 5.32 Å². The van der Waals surface area contributed by atoms with Crippen molar-refractivity contribution in [2.45, 2.75) is 25.8 Å². The number of benzene rings is 2. The molecule has 0 aliphatic carbocycles. The van der Waals surface area contributed by atoms with Gasteiger partial charge in [0, 0.05) is 0 Å². The van der Waals surface area contributed by atoms with Gasteiger partial charge in [-0.15, -0.1) is 0 Å². The molecule has 3 rings (SSSR count). The number of carbonyl (C=O) groups excluding carboxylic acids is 1. The third-order valence-corrected chi connectivity index (χ3v) is 4.53. The molecule has 1 amide bonds. The van der Waals surface area contributed by atoms with E-state index in [1.54, 1.807) is 20.3 Å². The highest BCUT2D eigenvalue weighted by atomic mass is 16.6. The molecule has 1 N–H and O–H groups in total.